The van der Waals surface area contributed by atoms with Crippen LogP contribution in [0.15, 0.2) is 30.3 Å². The van der Waals surface area contributed by atoms with Crippen molar-refractivity contribution in [3.63, 3.8) is 0 Å². The Kier molecular flexibility index (Phi) is 4.61. The van der Waals surface area contributed by atoms with E-state index >= 15 is 0 Å². The third kappa shape index (κ3) is 3.23. The van der Waals surface area contributed by atoms with E-state index in [1.807, 2.05) is 13.8 Å². The topological polar surface area (TPSA) is 61.6 Å². The Bertz CT molecular complexity index is 864. The van der Waals surface area contributed by atoms with Gasteiger partial charge in [0.2, 0.25) is 0 Å². The number of halogens is 2. The zero-order valence-corrected chi connectivity index (χ0v) is 14.9. The lowest BCUT2D eigenvalue weighted by Crippen LogP contribution is -2.33. The van der Waals surface area contributed by atoms with E-state index in [4.69, 9.17) is 15.2 Å². The van der Waals surface area contributed by atoms with Gasteiger partial charge in [0.1, 0.15) is 11.9 Å². The number of hydrogen-bond acceptors (Lipinski definition) is 3. The predicted octanol–water partition coefficient (Wildman–Crippen LogP) is 4.75. The first-order valence-corrected chi connectivity index (χ1v) is 8.35. The Morgan fingerprint density at radius 1 is 1.19 bits per heavy atom. The van der Waals surface area contributed by atoms with Gasteiger partial charge in [0, 0.05) is 11.0 Å². The molecule has 1 unspecified atom stereocenters. The van der Waals surface area contributed by atoms with Gasteiger partial charge in [-0.15, -0.1) is 0 Å². The number of benzene rings is 2. The standard InChI is InChI=1S/C20H21F2NO3/c1-20(2)7-6-12-8-13(11-4-5-17(25-3)16(22)9-11)15(21)10-14(12)18(20)26-19(23)24/h4-5,8-10,18H,6-7H2,1-3H3,(H2,23,24). The highest BCUT2D eigenvalue weighted by Gasteiger charge is 2.39. The quantitative estimate of drug-likeness (QED) is 0.858. The average Bonchev–Trinajstić information content (AvgIpc) is 2.57. The van der Waals surface area contributed by atoms with Crippen molar-refractivity contribution in [2.45, 2.75) is 32.8 Å². The zero-order valence-electron chi connectivity index (χ0n) is 14.9. The van der Waals surface area contributed by atoms with Crippen molar-refractivity contribution in [2.24, 2.45) is 11.1 Å². The van der Waals surface area contributed by atoms with E-state index in [1.54, 1.807) is 12.1 Å². The molecule has 2 aromatic carbocycles. The summed E-state index contributed by atoms with van der Waals surface area (Å²) >= 11 is 0. The normalized spacial score (nSPS) is 18.1. The van der Waals surface area contributed by atoms with Gasteiger partial charge in [-0.3, -0.25) is 0 Å². The number of amides is 1. The maximum Gasteiger partial charge on any atom is 0.405 e. The van der Waals surface area contributed by atoms with Crippen LogP contribution in [0.3, 0.4) is 0 Å². The van der Waals surface area contributed by atoms with Gasteiger partial charge in [0.15, 0.2) is 11.6 Å². The molecular formula is C20H21F2NO3. The molecule has 0 spiro atoms. The Hall–Kier alpha value is -2.63. The first-order valence-electron chi connectivity index (χ1n) is 8.35. The van der Waals surface area contributed by atoms with Crippen LogP contribution in [0.2, 0.25) is 0 Å². The molecule has 2 aromatic rings. The molecule has 1 amide bonds. The average molecular weight is 361 g/mol. The summed E-state index contributed by atoms with van der Waals surface area (Å²) in [4.78, 5) is 11.3. The van der Waals surface area contributed by atoms with Crippen LogP contribution in [0.25, 0.3) is 11.1 Å². The second-order valence-corrected chi connectivity index (χ2v) is 7.19. The number of nitrogens with two attached hydrogens (primary N) is 1. The van der Waals surface area contributed by atoms with E-state index in [1.165, 1.54) is 25.3 Å². The number of rotatable bonds is 3. The number of primary amides is 1. The second-order valence-electron chi connectivity index (χ2n) is 7.19. The van der Waals surface area contributed by atoms with Gasteiger partial charge in [-0.2, -0.15) is 0 Å². The molecule has 0 heterocycles. The van der Waals surface area contributed by atoms with Gasteiger partial charge < -0.3 is 15.2 Å². The molecule has 1 aliphatic carbocycles. The summed E-state index contributed by atoms with van der Waals surface area (Å²) in [5.74, 6) is -0.967. The molecule has 0 fully saturated rings. The lowest BCUT2D eigenvalue weighted by molar-refractivity contribution is 0.0145. The minimum Gasteiger partial charge on any atom is -0.494 e. The third-order valence-electron chi connectivity index (χ3n) is 4.96. The van der Waals surface area contributed by atoms with E-state index in [0.717, 1.165) is 12.0 Å². The minimum atomic E-state index is -0.891. The van der Waals surface area contributed by atoms with Crippen LogP contribution >= 0.6 is 0 Å². The Balaban J connectivity index is 2.08. The largest absolute Gasteiger partial charge is 0.494 e. The lowest BCUT2D eigenvalue weighted by Gasteiger charge is -2.39. The zero-order chi connectivity index (χ0) is 19.1. The molecule has 1 aliphatic rings. The van der Waals surface area contributed by atoms with E-state index in [9.17, 15) is 13.6 Å². The summed E-state index contributed by atoms with van der Waals surface area (Å²) in [6.45, 7) is 3.91. The van der Waals surface area contributed by atoms with E-state index < -0.39 is 23.8 Å². The molecule has 6 heteroatoms. The van der Waals surface area contributed by atoms with Crippen LogP contribution in [0, 0.1) is 17.0 Å². The van der Waals surface area contributed by atoms with Crippen molar-refractivity contribution >= 4 is 6.09 Å². The molecule has 0 aliphatic heterocycles. The number of aryl methyl sites for hydroxylation is 1. The van der Waals surface area contributed by atoms with Gasteiger partial charge >= 0.3 is 6.09 Å². The molecular weight excluding hydrogens is 340 g/mol. The van der Waals surface area contributed by atoms with Gasteiger partial charge in [-0.1, -0.05) is 19.9 Å². The molecule has 0 aromatic heterocycles. The van der Waals surface area contributed by atoms with Crippen molar-refractivity contribution in [3.05, 3.63) is 53.1 Å². The van der Waals surface area contributed by atoms with Gasteiger partial charge in [-0.25, -0.2) is 13.6 Å². The summed E-state index contributed by atoms with van der Waals surface area (Å²) in [6.07, 6.45) is -0.0649. The van der Waals surface area contributed by atoms with Crippen LogP contribution in [0.4, 0.5) is 13.6 Å². The maximum atomic E-state index is 14.8. The van der Waals surface area contributed by atoms with E-state index in [-0.39, 0.29) is 11.2 Å². The molecule has 4 nitrogen and oxygen atoms in total. The molecule has 2 N–H and O–H groups in total. The second kappa shape index (κ2) is 6.59. The highest BCUT2D eigenvalue weighted by Crippen LogP contribution is 2.47. The number of carbonyl (C=O) groups is 1. The van der Waals surface area contributed by atoms with Crippen molar-refractivity contribution in [1.29, 1.82) is 0 Å². The fourth-order valence-corrected chi connectivity index (χ4v) is 3.50. The van der Waals surface area contributed by atoms with Crippen molar-refractivity contribution in [3.8, 4) is 16.9 Å². The Labute approximate surface area is 150 Å². The molecule has 0 saturated carbocycles. The van der Waals surface area contributed by atoms with Crippen LogP contribution in [-0.4, -0.2) is 13.2 Å². The highest BCUT2D eigenvalue weighted by atomic mass is 19.1. The van der Waals surface area contributed by atoms with Gasteiger partial charge in [-0.05, 0) is 53.8 Å². The van der Waals surface area contributed by atoms with Gasteiger partial charge in [0.25, 0.3) is 0 Å². The number of fused-ring (bicyclic) bond motifs is 1. The molecule has 0 bridgehead atoms. The molecule has 1 atom stereocenters. The Morgan fingerprint density at radius 2 is 1.92 bits per heavy atom. The summed E-state index contributed by atoms with van der Waals surface area (Å²) in [5.41, 5.74) is 7.02. The van der Waals surface area contributed by atoms with Crippen LogP contribution in [0.1, 0.15) is 37.5 Å². The lowest BCUT2D eigenvalue weighted by atomic mass is 9.71. The number of ether oxygens (including phenoxy) is 2. The molecule has 138 valence electrons. The summed E-state index contributed by atoms with van der Waals surface area (Å²) in [7, 11) is 1.37. The SMILES string of the molecule is COc1ccc(-c2cc3c(cc2F)C(OC(N)=O)C(C)(C)CC3)cc1F. The smallest absolute Gasteiger partial charge is 0.405 e. The summed E-state index contributed by atoms with van der Waals surface area (Å²) in [5, 5.41) is 0. The molecule has 0 saturated heterocycles. The van der Waals surface area contributed by atoms with Crippen LogP contribution in [0.5, 0.6) is 5.75 Å². The van der Waals surface area contributed by atoms with E-state index in [2.05, 4.69) is 0 Å². The maximum absolute atomic E-state index is 14.8. The number of hydrogen-bond donors (Lipinski definition) is 1. The monoisotopic (exact) mass is 361 g/mol. The van der Waals surface area contributed by atoms with Crippen LogP contribution < -0.4 is 10.5 Å². The summed E-state index contributed by atoms with van der Waals surface area (Å²) in [6, 6.07) is 7.37. The first kappa shape index (κ1) is 18.2. The Morgan fingerprint density at radius 3 is 2.54 bits per heavy atom. The highest BCUT2D eigenvalue weighted by molar-refractivity contribution is 5.68. The molecule has 0 radical (unpaired) electrons. The fourth-order valence-electron chi connectivity index (χ4n) is 3.50. The van der Waals surface area contributed by atoms with Crippen molar-refractivity contribution < 1.29 is 23.0 Å². The van der Waals surface area contributed by atoms with E-state index in [0.29, 0.717) is 23.1 Å². The number of methoxy groups -OCH3 is 1. The molecule has 26 heavy (non-hydrogen) atoms. The molecule has 3 rings (SSSR count). The number of carbonyl (C=O) groups excluding carboxylic acids is 1. The van der Waals surface area contributed by atoms with Crippen LogP contribution in [-0.2, 0) is 11.2 Å². The predicted molar refractivity (Wildman–Crippen MR) is 93.9 cm³/mol. The third-order valence-corrected chi connectivity index (χ3v) is 4.96. The van der Waals surface area contributed by atoms with Crippen molar-refractivity contribution in [2.75, 3.05) is 7.11 Å². The fraction of sp³-hybridized carbons (Fsp3) is 0.350. The minimum absolute atomic E-state index is 0.101. The van der Waals surface area contributed by atoms with Crippen molar-refractivity contribution in [1.82, 2.24) is 0 Å². The van der Waals surface area contributed by atoms with Gasteiger partial charge in [0.05, 0.1) is 7.11 Å². The summed E-state index contributed by atoms with van der Waals surface area (Å²) < 4.78 is 39.0. The first-order chi connectivity index (χ1) is 12.2.